The van der Waals surface area contributed by atoms with Crippen molar-refractivity contribution in [3.63, 3.8) is 0 Å². The molecule has 0 saturated heterocycles. The Bertz CT molecular complexity index is 737. The predicted molar refractivity (Wildman–Crippen MR) is 122 cm³/mol. The van der Waals surface area contributed by atoms with Gasteiger partial charge in [-0.25, -0.2) is 0 Å². The molecular weight excluding hydrogens is 362 g/mol. The van der Waals surface area contributed by atoms with Crippen molar-refractivity contribution in [1.29, 1.82) is 0 Å². The second-order valence-electron chi connectivity index (χ2n) is 9.56. The lowest BCUT2D eigenvalue weighted by atomic mass is 10.0. The van der Waals surface area contributed by atoms with Crippen LogP contribution in [-0.4, -0.2) is 14.9 Å². The molecule has 0 amide bonds. The fraction of sp³-hybridized carbons (Fsp3) is 0.625. The highest BCUT2D eigenvalue weighted by Crippen LogP contribution is 2.36. The first-order valence-corrected chi connectivity index (χ1v) is 13.9. The zero-order valence-corrected chi connectivity index (χ0v) is 19.6. The Labute approximate surface area is 172 Å². The maximum atomic E-state index is 11.9. The summed E-state index contributed by atoms with van der Waals surface area (Å²) in [6.07, 6.45) is 11.5. The van der Waals surface area contributed by atoms with Gasteiger partial charge in [0.25, 0.3) is 0 Å². The van der Waals surface area contributed by atoms with Gasteiger partial charge < -0.3 is 9.63 Å². The van der Waals surface area contributed by atoms with Crippen molar-refractivity contribution >= 4 is 19.2 Å². The van der Waals surface area contributed by atoms with Crippen LogP contribution in [0.3, 0.4) is 0 Å². The minimum Gasteiger partial charge on any atom is -0.618 e. The van der Waals surface area contributed by atoms with Crippen LogP contribution in [0, 0.1) is 5.21 Å². The number of aryl methyl sites for hydroxylation is 1. The first-order valence-electron chi connectivity index (χ1n) is 11.0. The van der Waals surface area contributed by atoms with E-state index in [1.54, 1.807) is 12.3 Å². The number of hydrogen-bond donors (Lipinski definition) is 0. The number of pyridine rings is 1. The molecule has 0 radical (unpaired) electrons. The molecule has 0 aliphatic carbocycles. The van der Waals surface area contributed by atoms with E-state index in [9.17, 15) is 5.21 Å². The first-order chi connectivity index (χ1) is 13.2. The summed E-state index contributed by atoms with van der Waals surface area (Å²) in [4.78, 5) is 0. The molecule has 1 aromatic carbocycles. The van der Waals surface area contributed by atoms with Crippen molar-refractivity contribution in [3.05, 3.63) is 47.3 Å². The molecule has 0 aliphatic rings. The van der Waals surface area contributed by atoms with E-state index in [0.29, 0.717) is 5.04 Å². The van der Waals surface area contributed by atoms with E-state index in [1.807, 2.05) is 12.1 Å². The minimum atomic E-state index is -1.57. The third-order valence-corrected chi connectivity index (χ3v) is 10.7. The van der Waals surface area contributed by atoms with Crippen LogP contribution in [0.5, 0.6) is 0 Å². The Kier molecular flexibility index (Phi) is 8.50. The maximum absolute atomic E-state index is 11.9. The van der Waals surface area contributed by atoms with Crippen molar-refractivity contribution in [2.45, 2.75) is 90.3 Å². The zero-order chi connectivity index (χ0) is 20.6. The van der Waals surface area contributed by atoms with Crippen molar-refractivity contribution in [1.82, 2.24) is 0 Å². The van der Waals surface area contributed by atoms with E-state index in [-0.39, 0.29) is 0 Å². The molecule has 0 aliphatic heterocycles. The quantitative estimate of drug-likeness (QED) is 0.180. The van der Waals surface area contributed by atoms with Crippen LogP contribution in [0.2, 0.25) is 18.1 Å². The molecule has 0 unspecified atom stereocenters. The van der Waals surface area contributed by atoms with Crippen LogP contribution >= 0.6 is 0 Å². The van der Waals surface area contributed by atoms with Crippen molar-refractivity contribution in [2.75, 3.05) is 6.61 Å². The van der Waals surface area contributed by atoms with E-state index < -0.39 is 8.32 Å². The molecule has 4 heteroatoms. The predicted octanol–water partition coefficient (Wildman–Crippen LogP) is 6.77. The van der Waals surface area contributed by atoms with Gasteiger partial charge in [0.15, 0.2) is 14.5 Å². The molecular formula is C24H39NO2Si. The molecule has 1 heterocycles. The Morgan fingerprint density at radius 2 is 1.57 bits per heavy atom. The molecule has 28 heavy (non-hydrogen) atoms. The van der Waals surface area contributed by atoms with Gasteiger partial charge in [-0.15, -0.1) is 0 Å². The van der Waals surface area contributed by atoms with E-state index >= 15 is 0 Å². The summed E-state index contributed by atoms with van der Waals surface area (Å²) in [5.74, 6) is 0. The second-order valence-corrected chi connectivity index (χ2v) is 14.4. The maximum Gasteiger partial charge on any atom is 0.224 e. The second kappa shape index (κ2) is 10.4. The molecule has 2 aromatic rings. The van der Waals surface area contributed by atoms with E-state index in [1.165, 1.54) is 50.5 Å². The molecule has 156 valence electrons. The molecule has 0 N–H and O–H groups in total. The summed E-state index contributed by atoms with van der Waals surface area (Å²) in [7, 11) is -1.57. The van der Waals surface area contributed by atoms with Crippen molar-refractivity contribution in [2.24, 2.45) is 0 Å². The highest BCUT2D eigenvalue weighted by atomic mass is 28.4. The normalized spacial score (nSPS) is 12.6. The van der Waals surface area contributed by atoms with Gasteiger partial charge in [-0.05, 0) is 55.1 Å². The first kappa shape index (κ1) is 22.9. The monoisotopic (exact) mass is 401 g/mol. The summed E-state index contributed by atoms with van der Waals surface area (Å²) < 4.78 is 7.21. The Morgan fingerprint density at radius 3 is 2.25 bits per heavy atom. The van der Waals surface area contributed by atoms with Gasteiger partial charge in [-0.2, -0.15) is 4.73 Å². The standard InChI is InChI=1S/C24H39NO2Si/c1-24(2,3)28(4,5)27-19-12-10-8-6-7-9-11-14-21-16-17-22-15-13-18-25(26)23(22)20-21/h13,15-18,20H,6-12,14,19H2,1-5H3. The topological polar surface area (TPSA) is 36.2 Å². The SMILES string of the molecule is CC(C)(C)[Si](C)(C)OCCCCCCCCCc1ccc2ccc[n+]([O-])c2c1. The number of hydrogen-bond acceptors (Lipinski definition) is 2. The Hall–Kier alpha value is -1.39. The number of unbranched alkanes of at least 4 members (excludes halogenated alkanes) is 6. The molecule has 0 bridgehead atoms. The molecule has 0 atom stereocenters. The van der Waals surface area contributed by atoms with Crippen LogP contribution in [0.25, 0.3) is 10.9 Å². The highest BCUT2D eigenvalue weighted by molar-refractivity contribution is 6.74. The zero-order valence-electron chi connectivity index (χ0n) is 18.6. The van der Waals surface area contributed by atoms with Gasteiger partial charge >= 0.3 is 0 Å². The number of benzene rings is 1. The number of nitrogens with zero attached hydrogens (tertiary/aromatic N) is 1. The van der Waals surface area contributed by atoms with Crippen LogP contribution < -0.4 is 4.73 Å². The third kappa shape index (κ3) is 6.89. The lowest BCUT2D eigenvalue weighted by molar-refractivity contribution is -0.577. The summed E-state index contributed by atoms with van der Waals surface area (Å²) in [5, 5.41) is 13.2. The highest BCUT2D eigenvalue weighted by Gasteiger charge is 2.36. The van der Waals surface area contributed by atoms with Crippen molar-refractivity contribution < 1.29 is 9.16 Å². The average Bonchev–Trinajstić information content (AvgIpc) is 2.63. The van der Waals surface area contributed by atoms with E-state index in [0.717, 1.165) is 28.7 Å². The van der Waals surface area contributed by atoms with Crippen LogP contribution in [0.1, 0.15) is 71.3 Å². The van der Waals surface area contributed by atoms with E-state index in [2.05, 4.69) is 46.0 Å². The molecule has 1 aromatic heterocycles. The fourth-order valence-electron chi connectivity index (χ4n) is 3.24. The number of rotatable bonds is 11. The van der Waals surface area contributed by atoms with Gasteiger partial charge in [0.1, 0.15) is 0 Å². The van der Waals surface area contributed by atoms with Gasteiger partial charge in [0, 0.05) is 24.1 Å². The minimum absolute atomic E-state index is 0.311. The lowest BCUT2D eigenvalue weighted by Gasteiger charge is -2.36. The molecule has 2 rings (SSSR count). The Balaban J connectivity index is 1.54. The van der Waals surface area contributed by atoms with Gasteiger partial charge in [0.05, 0.1) is 0 Å². The molecule has 0 saturated carbocycles. The molecule has 3 nitrogen and oxygen atoms in total. The van der Waals surface area contributed by atoms with Gasteiger partial charge in [0.2, 0.25) is 5.52 Å². The van der Waals surface area contributed by atoms with Crippen LogP contribution in [-0.2, 0) is 10.8 Å². The largest absolute Gasteiger partial charge is 0.618 e. The van der Waals surface area contributed by atoms with Crippen LogP contribution in [0.4, 0.5) is 0 Å². The lowest BCUT2D eigenvalue weighted by Crippen LogP contribution is -2.40. The van der Waals surface area contributed by atoms with Crippen LogP contribution in [0.15, 0.2) is 36.5 Å². The molecule has 0 spiro atoms. The number of fused-ring (bicyclic) bond motifs is 1. The smallest absolute Gasteiger partial charge is 0.224 e. The summed E-state index contributed by atoms with van der Waals surface area (Å²) in [5.41, 5.74) is 2.05. The average molecular weight is 402 g/mol. The van der Waals surface area contributed by atoms with Crippen molar-refractivity contribution in [3.8, 4) is 0 Å². The van der Waals surface area contributed by atoms with Gasteiger partial charge in [-0.1, -0.05) is 58.9 Å². The van der Waals surface area contributed by atoms with E-state index in [4.69, 9.17) is 4.43 Å². The summed E-state index contributed by atoms with van der Waals surface area (Å²) in [6.45, 7) is 12.5. The van der Waals surface area contributed by atoms with Gasteiger partial charge in [-0.3, -0.25) is 0 Å². The third-order valence-electron chi connectivity index (χ3n) is 6.21. The summed E-state index contributed by atoms with van der Waals surface area (Å²) >= 11 is 0. The number of aromatic nitrogens is 1. The molecule has 0 fully saturated rings. The fourth-order valence-corrected chi connectivity index (χ4v) is 4.33. The summed E-state index contributed by atoms with van der Waals surface area (Å²) in [6, 6.07) is 10.1. The Morgan fingerprint density at radius 1 is 0.929 bits per heavy atom.